The largest absolute Gasteiger partial charge is 0.496 e. The minimum Gasteiger partial charge on any atom is -0.496 e. The zero-order valence-corrected chi connectivity index (χ0v) is 16.5. The van der Waals surface area contributed by atoms with E-state index in [0.29, 0.717) is 17.8 Å². The third-order valence-corrected chi connectivity index (χ3v) is 5.69. The molecule has 28 heavy (non-hydrogen) atoms. The molecular weight excluding hydrogens is 354 g/mol. The molecule has 1 aliphatic heterocycles. The van der Waals surface area contributed by atoms with Crippen molar-refractivity contribution in [2.45, 2.75) is 63.7 Å². The molecule has 0 radical (unpaired) electrons. The lowest BCUT2D eigenvalue weighted by Gasteiger charge is -2.36. The number of ether oxygens (including phenoxy) is 1. The lowest BCUT2D eigenvalue weighted by Crippen LogP contribution is -2.39. The van der Waals surface area contributed by atoms with Gasteiger partial charge in [-0.2, -0.15) is 0 Å². The minimum atomic E-state index is -0.107. The van der Waals surface area contributed by atoms with Crippen molar-refractivity contribution in [2.24, 2.45) is 0 Å². The summed E-state index contributed by atoms with van der Waals surface area (Å²) in [5, 5.41) is 11.2. The normalized spacial score (nSPS) is 20.1. The second kappa shape index (κ2) is 8.73. The quantitative estimate of drug-likeness (QED) is 0.759. The second-order valence-corrected chi connectivity index (χ2v) is 7.84. The van der Waals surface area contributed by atoms with Crippen LogP contribution in [0.25, 0.3) is 0 Å². The number of hydrogen-bond acceptors (Lipinski definition) is 5. The van der Waals surface area contributed by atoms with Gasteiger partial charge in [-0.1, -0.05) is 29.8 Å². The molecule has 7 nitrogen and oxygen atoms in total. The molecule has 1 saturated carbocycles. The van der Waals surface area contributed by atoms with Gasteiger partial charge in [0, 0.05) is 30.7 Å². The van der Waals surface area contributed by atoms with Gasteiger partial charge in [0.15, 0.2) is 5.69 Å². The zero-order valence-electron chi connectivity index (χ0n) is 16.5. The van der Waals surface area contributed by atoms with Gasteiger partial charge < -0.3 is 10.1 Å². The summed E-state index contributed by atoms with van der Waals surface area (Å²) in [5.41, 5.74) is 1.65. The summed E-state index contributed by atoms with van der Waals surface area (Å²) < 4.78 is 7.32. The standard InChI is InChI=1S/C21H29N5O2/c1-28-20-8-3-2-6-16(20)14-25-12-5-4-7-18(25)11-13-26-15-19(23-24-26)21(27)22-17-9-10-17/h2-3,6,8,15,17-18H,4-5,7,9-14H2,1H3,(H,22,27). The first-order chi connectivity index (χ1) is 13.7. The number of carbonyl (C=O) groups is 1. The summed E-state index contributed by atoms with van der Waals surface area (Å²) in [7, 11) is 1.73. The molecule has 1 aliphatic carbocycles. The molecule has 1 aromatic heterocycles. The van der Waals surface area contributed by atoms with Crippen LogP contribution in [0.15, 0.2) is 30.5 Å². The van der Waals surface area contributed by atoms with E-state index in [1.165, 1.54) is 24.8 Å². The van der Waals surface area contributed by atoms with Crippen LogP contribution in [0.2, 0.25) is 0 Å². The Labute approximate surface area is 166 Å². The number of likely N-dealkylation sites (tertiary alicyclic amines) is 1. The first-order valence-corrected chi connectivity index (χ1v) is 10.3. The molecule has 1 unspecified atom stereocenters. The third-order valence-electron chi connectivity index (χ3n) is 5.69. The zero-order chi connectivity index (χ0) is 19.3. The molecule has 1 atom stereocenters. The van der Waals surface area contributed by atoms with E-state index < -0.39 is 0 Å². The van der Waals surface area contributed by atoms with Gasteiger partial charge in [-0.05, 0) is 44.7 Å². The highest BCUT2D eigenvalue weighted by Crippen LogP contribution is 2.26. The average molecular weight is 383 g/mol. The smallest absolute Gasteiger partial charge is 0.273 e. The fraction of sp³-hybridized carbons (Fsp3) is 0.571. The lowest BCUT2D eigenvalue weighted by molar-refractivity contribution is 0.0946. The van der Waals surface area contributed by atoms with E-state index in [1.807, 2.05) is 12.1 Å². The van der Waals surface area contributed by atoms with E-state index in [0.717, 1.165) is 44.6 Å². The number of nitrogens with zero attached hydrogens (tertiary/aromatic N) is 4. The molecule has 1 saturated heterocycles. The van der Waals surface area contributed by atoms with E-state index in [9.17, 15) is 4.79 Å². The first kappa shape index (κ1) is 18.9. The number of piperidine rings is 1. The van der Waals surface area contributed by atoms with Crippen molar-refractivity contribution < 1.29 is 9.53 Å². The van der Waals surface area contributed by atoms with E-state index in [2.05, 4.69) is 32.7 Å². The number of nitrogens with one attached hydrogen (secondary N) is 1. The van der Waals surface area contributed by atoms with Gasteiger partial charge in [-0.25, -0.2) is 0 Å². The average Bonchev–Trinajstić information content (AvgIpc) is 3.40. The van der Waals surface area contributed by atoms with Crippen LogP contribution in [-0.4, -0.2) is 51.5 Å². The fourth-order valence-electron chi connectivity index (χ4n) is 3.93. The maximum Gasteiger partial charge on any atom is 0.273 e. The van der Waals surface area contributed by atoms with Crippen molar-refractivity contribution in [3.8, 4) is 5.75 Å². The van der Waals surface area contributed by atoms with Crippen molar-refractivity contribution in [3.05, 3.63) is 41.7 Å². The Morgan fingerprint density at radius 2 is 2.11 bits per heavy atom. The first-order valence-electron chi connectivity index (χ1n) is 10.3. The van der Waals surface area contributed by atoms with E-state index >= 15 is 0 Å². The van der Waals surface area contributed by atoms with Gasteiger partial charge in [0.1, 0.15) is 5.75 Å². The van der Waals surface area contributed by atoms with Crippen molar-refractivity contribution in [1.82, 2.24) is 25.2 Å². The molecular formula is C21H29N5O2. The Morgan fingerprint density at radius 1 is 1.25 bits per heavy atom. The summed E-state index contributed by atoms with van der Waals surface area (Å²) in [6, 6.07) is 9.10. The molecule has 4 rings (SSSR count). The van der Waals surface area contributed by atoms with Crippen molar-refractivity contribution in [3.63, 3.8) is 0 Å². The maximum atomic E-state index is 12.1. The van der Waals surface area contributed by atoms with Gasteiger partial charge in [-0.3, -0.25) is 14.4 Å². The number of amides is 1. The Bertz CT molecular complexity index is 802. The third kappa shape index (κ3) is 4.70. The number of para-hydroxylation sites is 1. The number of carbonyl (C=O) groups excluding carboxylic acids is 1. The second-order valence-electron chi connectivity index (χ2n) is 7.84. The summed E-state index contributed by atoms with van der Waals surface area (Å²) in [4.78, 5) is 14.6. The maximum absolute atomic E-state index is 12.1. The van der Waals surface area contributed by atoms with Crippen molar-refractivity contribution in [2.75, 3.05) is 13.7 Å². The van der Waals surface area contributed by atoms with Gasteiger partial charge in [0.25, 0.3) is 5.91 Å². The molecule has 150 valence electrons. The number of methoxy groups -OCH3 is 1. The molecule has 0 spiro atoms. The van der Waals surface area contributed by atoms with Crippen LogP contribution in [0.3, 0.4) is 0 Å². The molecule has 7 heteroatoms. The fourth-order valence-corrected chi connectivity index (χ4v) is 3.93. The van der Waals surface area contributed by atoms with Crippen molar-refractivity contribution >= 4 is 5.91 Å². The topological polar surface area (TPSA) is 72.3 Å². The summed E-state index contributed by atoms with van der Waals surface area (Å²) in [5.74, 6) is 0.846. The van der Waals surface area contributed by atoms with Crippen LogP contribution in [0, 0.1) is 0 Å². The monoisotopic (exact) mass is 383 g/mol. The molecule has 1 N–H and O–H groups in total. The Balaban J connectivity index is 1.34. The summed E-state index contributed by atoms with van der Waals surface area (Å²) in [6.45, 7) is 2.78. The van der Waals surface area contributed by atoms with Crippen LogP contribution in [0.1, 0.15) is 54.6 Å². The highest BCUT2D eigenvalue weighted by atomic mass is 16.5. The number of hydrogen-bond donors (Lipinski definition) is 1. The number of benzene rings is 1. The minimum absolute atomic E-state index is 0.107. The van der Waals surface area contributed by atoms with Crippen molar-refractivity contribution in [1.29, 1.82) is 0 Å². The highest BCUT2D eigenvalue weighted by molar-refractivity contribution is 5.92. The van der Waals surface area contributed by atoms with Gasteiger partial charge in [-0.15, -0.1) is 5.10 Å². The molecule has 2 fully saturated rings. The van der Waals surface area contributed by atoms with Gasteiger partial charge in [0.2, 0.25) is 0 Å². The summed E-state index contributed by atoms with van der Waals surface area (Å²) >= 11 is 0. The van der Waals surface area contributed by atoms with E-state index in [4.69, 9.17) is 4.74 Å². The molecule has 2 aliphatic rings. The summed E-state index contributed by atoms with van der Waals surface area (Å²) in [6.07, 6.45) is 8.61. The number of rotatable bonds is 8. The van der Waals surface area contributed by atoms with Crippen LogP contribution < -0.4 is 10.1 Å². The molecule has 1 aromatic carbocycles. The van der Waals surface area contributed by atoms with Gasteiger partial charge in [0.05, 0.1) is 13.3 Å². The molecule has 1 amide bonds. The molecule has 2 aromatic rings. The van der Waals surface area contributed by atoms with Crippen LogP contribution in [-0.2, 0) is 13.1 Å². The Kier molecular flexibility index (Phi) is 5.90. The SMILES string of the molecule is COc1ccccc1CN1CCCCC1CCn1cc(C(=O)NC2CC2)nn1. The van der Waals surface area contributed by atoms with Crippen LogP contribution >= 0.6 is 0 Å². The number of aryl methyl sites for hydroxylation is 1. The van der Waals surface area contributed by atoms with E-state index in [1.54, 1.807) is 18.0 Å². The van der Waals surface area contributed by atoms with Crippen LogP contribution in [0.4, 0.5) is 0 Å². The Morgan fingerprint density at radius 3 is 2.93 bits per heavy atom. The number of aromatic nitrogens is 3. The highest BCUT2D eigenvalue weighted by Gasteiger charge is 2.26. The molecule has 0 bridgehead atoms. The Hall–Kier alpha value is -2.41. The lowest BCUT2D eigenvalue weighted by atomic mass is 9.98. The van der Waals surface area contributed by atoms with Crippen LogP contribution in [0.5, 0.6) is 5.75 Å². The predicted octanol–water partition coefficient (Wildman–Crippen LogP) is 2.62. The van der Waals surface area contributed by atoms with E-state index in [-0.39, 0.29) is 5.91 Å². The molecule has 2 heterocycles. The predicted molar refractivity (Wildman–Crippen MR) is 106 cm³/mol. The van der Waals surface area contributed by atoms with Gasteiger partial charge >= 0.3 is 0 Å².